The molecule has 3 aromatic rings. The van der Waals surface area contributed by atoms with E-state index in [1.54, 1.807) is 11.3 Å². The second-order valence-corrected chi connectivity index (χ2v) is 7.65. The molecule has 0 aliphatic carbocycles. The second-order valence-electron chi connectivity index (χ2n) is 5.61. The minimum absolute atomic E-state index is 0.0859. The summed E-state index contributed by atoms with van der Waals surface area (Å²) in [7, 11) is 3.94. The lowest BCUT2D eigenvalue weighted by molar-refractivity contribution is 0.103. The number of benzene rings is 1. The maximum atomic E-state index is 12.5. The summed E-state index contributed by atoms with van der Waals surface area (Å²) in [5, 5.41) is 7.21. The largest absolute Gasteiger partial charge is 0.354 e. The van der Waals surface area contributed by atoms with E-state index in [-0.39, 0.29) is 5.91 Å². The summed E-state index contributed by atoms with van der Waals surface area (Å²) >= 11 is 3.03. The Kier molecular flexibility index (Phi) is 5.13. The van der Waals surface area contributed by atoms with Gasteiger partial charge in [0.1, 0.15) is 4.83 Å². The Morgan fingerprint density at radius 1 is 1.25 bits per heavy atom. The van der Waals surface area contributed by atoms with E-state index in [0.29, 0.717) is 4.88 Å². The molecule has 0 bridgehead atoms. The van der Waals surface area contributed by atoms with E-state index in [1.807, 2.05) is 49.3 Å². The van der Waals surface area contributed by atoms with Gasteiger partial charge in [-0.2, -0.15) is 0 Å². The van der Waals surface area contributed by atoms with Crippen molar-refractivity contribution in [2.75, 3.05) is 30.9 Å². The zero-order valence-electron chi connectivity index (χ0n) is 13.9. The molecule has 0 aliphatic heterocycles. The molecule has 2 aromatic heterocycles. The maximum absolute atomic E-state index is 12.5. The summed E-state index contributed by atoms with van der Waals surface area (Å²) in [5.41, 5.74) is 1.97. The van der Waals surface area contributed by atoms with Gasteiger partial charge in [0.25, 0.3) is 5.91 Å². The summed E-state index contributed by atoms with van der Waals surface area (Å²) in [4.78, 5) is 20.6. The first-order chi connectivity index (χ1) is 11.6. The predicted octanol–water partition coefficient (Wildman–Crippen LogP) is 3.79. The van der Waals surface area contributed by atoms with Crippen LogP contribution in [0.25, 0.3) is 9.53 Å². The number of rotatable bonds is 6. The molecule has 0 spiro atoms. The molecule has 126 valence electrons. The van der Waals surface area contributed by atoms with Crippen molar-refractivity contribution in [1.29, 1.82) is 0 Å². The predicted molar refractivity (Wildman–Crippen MR) is 104 cm³/mol. The molecular formula is C17H20N4OS2. The Labute approximate surface area is 149 Å². The van der Waals surface area contributed by atoms with Crippen LogP contribution < -0.4 is 15.5 Å². The van der Waals surface area contributed by atoms with Gasteiger partial charge in [-0.05, 0) is 30.3 Å². The fourth-order valence-electron chi connectivity index (χ4n) is 2.25. The van der Waals surface area contributed by atoms with Crippen LogP contribution in [0.2, 0.25) is 0 Å². The van der Waals surface area contributed by atoms with Gasteiger partial charge >= 0.3 is 0 Å². The molecule has 1 aromatic carbocycles. The van der Waals surface area contributed by atoms with E-state index in [1.165, 1.54) is 11.3 Å². The normalized spacial score (nSPS) is 11.0. The van der Waals surface area contributed by atoms with Crippen molar-refractivity contribution in [3.8, 4) is 0 Å². The number of anilines is 2. The molecule has 0 atom stereocenters. The minimum atomic E-state index is -0.0859. The molecule has 5 nitrogen and oxygen atoms in total. The average Bonchev–Trinajstić information content (AvgIpc) is 3.12. The molecule has 0 aliphatic rings. The zero-order chi connectivity index (χ0) is 17.1. The highest BCUT2D eigenvalue weighted by Gasteiger charge is 2.15. The number of carbonyl (C=O) groups is 1. The third-order valence-corrected chi connectivity index (χ3v) is 5.78. The van der Waals surface area contributed by atoms with Gasteiger partial charge in [0.05, 0.1) is 9.58 Å². The summed E-state index contributed by atoms with van der Waals surface area (Å²) in [6.07, 6.45) is 0. The number of aromatic nitrogens is 1. The van der Waals surface area contributed by atoms with Gasteiger partial charge in [-0.1, -0.05) is 30.4 Å². The molecule has 7 heteroatoms. The number of thiazole rings is 1. The van der Waals surface area contributed by atoms with Gasteiger partial charge < -0.3 is 15.5 Å². The number of thiophene rings is 1. The van der Waals surface area contributed by atoms with Crippen LogP contribution in [0.15, 0.2) is 30.3 Å². The van der Waals surface area contributed by atoms with Crippen LogP contribution in [0.1, 0.15) is 22.2 Å². The van der Waals surface area contributed by atoms with Gasteiger partial charge in [-0.15, -0.1) is 11.3 Å². The summed E-state index contributed by atoms with van der Waals surface area (Å²) < 4.78 is 1.05. The van der Waals surface area contributed by atoms with Crippen molar-refractivity contribution >= 4 is 48.9 Å². The number of nitrogens with zero attached hydrogens (tertiary/aromatic N) is 2. The van der Waals surface area contributed by atoms with E-state index in [2.05, 4.69) is 22.5 Å². The van der Waals surface area contributed by atoms with Crippen molar-refractivity contribution < 1.29 is 4.79 Å². The molecule has 0 saturated carbocycles. The molecule has 3 rings (SSSR count). The number of hydrogen-bond donors (Lipinski definition) is 2. The van der Waals surface area contributed by atoms with Crippen molar-refractivity contribution in [3.05, 3.63) is 40.8 Å². The highest BCUT2D eigenvalue weighted by molar-refractivity contribution is 7.29. The van der Waals surface area contributed by atoms with Gasteiger partial charge in [-0.25, -0.2) is 4.98 Å². The van der Waals surface area contributed by atoms with Gasteiger partial charge in [0, 0.05) is 26.3 Å². The van der Waals surface area contributed by atoms with Crippen LogP contribution >= 0.6 is 22.7 Å². The van der Waals surface area contributed by atoms with E-state index in [0.717, 1.165) is 39.0 Å². The van der Waals surface area contributed by atoms with Crippen LogP contribution in [0.4, 0.5) is 10.8 Å². The Morgan fingerprint density at radius 3 is 2.79 bits per heavy atom. The van der Waals surface area contributed by atoms with Gasteiger partial charge in [-0.3, -0.25) is 4.79 Å². The van der Waals surface area contributed by atoms with Crippen molar-refractivity contribution in [1.82, 2.24) is 10.3 Å². The Morgan fingerprint density at radius 2 is 2.08 bits per heavy atom. The van der Waals surface area contributed by atoms with Crippen LogP contribution in [-0.4, -0.2) is 31.5 Å². The Balaban J connectivity index is 1.73. The molecule has 0 unspecified atom stereocenters. The fourth-order valence-corrected chi connectivity index (χ4v) is 4.28. The minimum Gasteiger partial charge on any atom is -0.354 e. The Hall–Kier alpha value is -1.96. The van der Waals surface area contributed by atoms with Crippen LogP contribution in [0.5, 0.6) is 0 Å². The van der Waals surface area contributed by atoms with E-state index < -0.39 is 0 Å². The standard InChI is InChI=1S/C17H20N4OS2/c1-4-18-10-11-6-5-7-12(8-11)19-15(22)13-9-14-16(23-13)20-17(24-14)21(2)3/h5-9,18H,4,10H2,1-3H3,(H,19,22). The van der Waals surface area contributed by atoms with Crippen LogP contribution in [0, 0.1) is 0 Å². The number of carbonyl (C=O) groups excluding carboxylic acids is 1. The second kappa shape index (κ2) is 7.29. The van der Waals surface area contributed by atoms with Gasteiger partial charge in [0.15, 0.2) is 5.13 Å². The van der Waals surface area contributed by atoms with Crippen LogP contribution in [0.3, 0.4) is 0 Å². The fraction of sp³-hybridized carbons (Fsp3) is 0.294. The number of hydrogen-bond acceptors (Lipinski definition) is 6. The molecular weight excluding hydrogens is 340 g/mol. The van der Waals surface area contributed by atoms with Crippen LogP contribution in [-0.2, 0) is 6.54 Å². The quantitative estimate of drug-likeness (QED) is 0.702. The average molecular weight is 361 g/mol. The first kappa shape index (κ1) is 16.9. The van der Waals surface area contributed by atoms with Crippen molar-refractivity contribution in [2.45, 2.75) is 13.5 Å². The topological polar surface area (TPSA) is 57.3 Å². The number of amides is 1. The zero-order valence-corrected chi connectivity index (χ0v) is 15.6. The lowest BCUT2D eigenvalue weighted by atomic mass is 10.2. The lowest BCUT2D eigenvalue weighted by Crippen LogP contribution is -2.13. The monoisotopic (exact) mass is 360 g/mol. The van der Waals surface area contributed by atoms with E-state index in [4.69, 9.17) is 0 Å². The first-order valence-electron chi connectivity index (χ1n) is 7.75. The Bertz CT molecular complexity index is 822. The SMILES string of the molecule is CCNCc1cccc(NC(=O)c2cc3sc(N(C)C)nc3s2)c1. The highest BCUT2D eigenvalue weighted by Crippen LogP contribution is 2.34. The smallest absolute Gasteiger partial charge is 0.265 e. The third kappa shape index (κ3) is 3.75. The maximum Gasteiger partial charge on any atom is 0.265 e. The van der Waals surface area contributed by atoms with Crippen molar-refractivity contribution in [3.63, 3.8) is 0 Å². The molecule has 24 heavy (non-hydrogen) atoms. The molecule has 0 fully saturated rings. The summed E-state index contributed by atoms with van der Waals surface area (Å²) in [6.45, 7) is 3.79. The lowest BCUT2D eigenvalue weighted by Gasteiger charge is -2.07. The highest BCUT2D eigenvalue weighted by atomic mass is 32.1. The molecule has 1 amide bonds. The van der Waals surface area contributed by atoms with Crippen molar-refractivity contribution in [2.24, 2.45) is 0 Å². The summed E-state index contributed by atoms with van der Waals surface area (Å²) in [6, 6.07) is 9.83. The number of nitrogens with one attached hydrogen (secondary N) is 2. The third-order valence-electron chi connectivity index (χ3n) is 3.45. The first-order valence-corrected chi connectivity index (χ1v) is 9.39. The van der Waals surface area contributed by atoms with E-state index >= 15 is 0 Å². The molecule has 2 heterocycles. The number of fused-ring (bicyclic) bond motifs is 1. The molecule has 2 N–H and O–H groups in total. The van der Waals surface area contributed by atoms with Gasteiger partial charge in [0.2, 0.25) is 0 Å². The molecule has 0 radical (unpaired) electrons. The molecule has 0 saturated heterocycles. The van der Waals surface area contributed by atoms with E-state index in [9.17, 15) is 4.79 Å². The summed E-state index contributed by atoms with van der Waals surface area (Å²) in [5.74, 6) is -0.0859.